The molecule has 4 aromatic rings. The molecule has 0 fully saturated rings. The molecule has 0 aliphatic carbocycles. The molecule has 0 atom stereocenters. The first kappa shape index (κ1) is 23.9. The van der Waals surface area contributed by atoms with Gasteiger partial charge in [-0.1, -0.05) is 31.2 Å². The van der Waals surface area contributed by atoms with Crippen LogP contribution in [0.1, 0.15) is 24.5 Å². The van der Waals surface area contributed by atoms with Gasteiger partial charge in [0, 0.05) is 17.7 Å². The van der Waals surface area contributed by atoms with Gasteiger partial charge in [0.1, 0.15) is 12.4 Å². The Labute approximate surface area is 198 Å². The van der Waals surface area contributed by atoms with Crippen molar-refractivity contribution in [2.45, 2.75) is 26.1 Å². The first-order valence-corrected chi connectivity index (χ1v) is 10.6. The zero-order valence-electron chi connectivity index (χ0n) is 18.5. The van der Waals surface area contributed by atoms with E-state index in [-0.39, 0.29) is 30.2 Å². The van der Waals surface area contributed by atoms with Gasteiger partial charge in [0.15, 0.2) is 5.82 Å². The van der Waals surface area contributed by atoms with Crippen LogP contribution in [-0.4, -0.2) is 20.7 Å². The minimum atomic E-state index is -4.46. The predicted molar refractivity (Wildman–Crippen MR) is 121 cm³/mol. The average Bonchev–Trinajstić information content (AvgIpc) is 3.28. The summed E-state index contributed by atoms with van der Waals surface area (Å²) in [6.07, 6.45) is -4.13. The first-order chi connectivity index (χ1) is 16.7. The lowest BCUT2D eigenvalue weighted by molar-refractivity contribution is -0.137. The van der Waals surface area contributed by atoms with Crippen LogP contribution in [0.15, 0.2) is 72.8 Å². The molecule has 3 aromatic carbocycles. The van der Waals surface area contributed by atoms with E-state index in [1.54, 1.807) is 43.3 Å². The van der Waals surface area contributed by atoms with Gasteiger partial charge in [0.25, 0.3) is 0 Å². The summed E-state index contributed by atoms with van der Waals surface area (Å²) in [6, 6.07) is 17.0. The monoisotopic (exact) mass is 484 g/mol. The summed E-state index contributed by atoms with van der Waals surface area (Å²) in [7, 11) is 0. The van der Waals surface area contributed by atoms with Crippen molar-refractivity contribution in [3.05, 3.63) is 89.7 Å². The molecule has 6 nitrogen and oxygen atoms in total. The molecule has 4 rings (SSSR count). The fraction of sp³-hybridized carbons (Fsp3) is 0.160. The number of anilines is 1. The van der Waals surface area contributed by atoms with E-state index in [2.05, 4.69) is 15.4 Å². The number of aromatic nitrogens is 3. The third-order valence-electron chi connectivity index (χ3n) is 5.06. The molecule has 35 heavy (non-hydrogen) atoms. The summed E-state index contributed by atoms with van der Waals surface area (Å²) in [5, 5.41) is 7.11. The van der Waals surface area contributed by atoms with Gasteiger partial charge in [-0.15, -0.1) is 5.10 Å². The maximum Gasteiger partial charge on any atom is 0.416 e. The van der Waals surface area contributed by atoms with Crippen LogP contribution in [0.3, 0.4) is 0 Å². The van der Waals surface area contributed by atoms with E-state index in [1.165, 1.54) is 28.9 Å². The molecule has 0 bridgehead atoms. The van der Waals surface area contributed by atoms with E-state index in [0.29, 0.717) is 28.9 Å². The van der Waals surface area contributed by atoms with Crippen LogP contribution < -0.4 is 10.1 Å². The number of halogens is 4. The third kappa shape index (κ3) is 5.84. The van der Waals surface area contributed by atoms with Crippen LogP contribution in [0.2, 0.25) is 0 Å². The Morgan fingerprint density at radius 1 is 0.971 bits per heavy atom. The van der Waals surface area contributed by atoms with Gasteiger partial charge in [-0.3, -0.25) is 4.79 Å². The lowest BCUT2D eigenvalue weighted by Crippen LogP contribution is -2.09. The fourth-order valence-corrected chi connectivity index (χ4v) is 3.19. The quantitative estimate of drug-likeness (QED) is 0.326. The summed E-state index contributed by atoms with van der Waals surface area (Å²) >= 11 is 0. The van der Waals surface area contributed by atoms with Crippen molar-refractivity contribution >= 4 is 11.6 Å². The van der Waals surface area contributed by atoms with Crippen molar-refractivity contribution in [1.82, 2.24) is 14.8 Å². The number of hydrogen-bond acceptors (Lipinski definition) is 4. The van der Waals surface area contributed by atoms with Gasteiger partial charge in [-0.2, -0.15) is 18.2 Å². The summed E-state index contributed by atoms with van der Waals surface area (Å²) in [5.41, 5.74) is 1.44. The number of benzene rings is 3. The predicted octanol–water partition coefficient (Wildman–Crippen LogP) is 6.02. The van der Waals surface area contributed by atoms with Crippen molar-refractivity contribution in [3.8, 4) is 23.1 Å². The molecule has 1 amide bonds. The largest absolute Gasteiger partial charge is 0.457 e. The fourth-order valence-electron chi connectivity index (χ4n) is 3.19. The summed E-state index contributed by atoms with van der Waals surface area (Å²) in [6.45, 7) is 1.81. The number of rotatable bonds is 7. The van der Waals surface area contributed by atoms with E-state index in [9.17, 15) is 22.4 Å². The Bertz CT molecular complexity index is 1300. The maximum absolute atomic E-state index is 13.1. The van der Waals surface area contributed by atoms with Crippen molar-refractivity contribution in [3.63, 3.8) is 0 Å². The molecule has 0 spiro atoms. The summed E-state index contributed by atoms with van der Waals surface area (Å²) in [4.78, 5) is 16.0. The Morgan fingerprint density at radius 3 is 2.23 bits per heavy atom. The zero-order valence-corrected chi connectivity index (χ0v) is 18.5. The standard InChI is InChI=1S/C25H20F4N4O2/c1-2-22(34)30-20-11-13-21(14-12-20)33-23(17-5-7-18(8-6-17)25(27,28)29)31-24(32-33)35-15-16-3-9-19(26)10-4-16/h3-14H,2,15H2,1H3,(H,30,34). The molecule has 10 heteroatoms. The van der Waals surface area contributed by atoms with Crippen molar-refractivity contribution in [2.75, 3.05) is 5.32 Å². The number of alkyl halides is 3. The minimum absolute atomic E-state index is 0.00687. The highest BCUT2D eigenvalue weighted by atomic mass is 19.4. The first-order valence-electron chi connectivity index (χ1n) is 10.6. The second-order valence-corrected chi connectivity index (χ2v) is 7.57. The molecule has 1 heterocycles. The van der Waals surface area contributed by atoms with Crippen LogP contribution in [0.4, 0.5) is 23.2 Å². The van der Waals surface area contributed by atoms with Crippen molar-refractivity contribution in [1.29, 1.82) is 0 Å². The molecule has 0 aliphatic heterocycles. The van der Waals surface area contributed by atoms with Gasteiger partial charge in [0.05, 0.1) is 11.3 Å². The van der Waals surface area contributed by atoms with E-state index >= 15 is 0 Å². The topological polar surface area (TPSA) is 69.0 Å². The Balaban J connectivity index is 1.66. The molecule has 0 saturated carbocycles. The smallest absolute Gasteiger partial charge is 0.416 e. The highest BCUT2D eigenvalue weighted by molar-refractivity contribution is 5.90. The zero-order chi connectivity index (χ0) is 25.0. The van der Waals surface area contributed by atoms with Gasteiger partial charge >= 0.3 is 12.2 Å². The van der Waals surface area contributed by atoms with Crippen LogP contribution in [0.25, 0.3) is 17.1 Å². The Hall–Kier alpha value is -4.21. The molecular weight excluding hydrogens is 464 g/mol. The number of nitrogens with zero attached hydrogens (tertiary/aromatic N) is 3. The van der Waals surface area contributed by atoms with E-state index in [4.69, 9.17) is 4.74 Å². The number of carbonyl (C=O) groups is 1. The summed E-state index contributed by atoms with van der Waals surface area (Å²) in [5.74, 6) is -0.252. The van der Waals surface area contributed by atoms with Gasteiger partial charge < -0.3 is 10.1 Å². The summed E-state index contributed by atoms with van der Waals surface area (Å²) < 4.78 is 59.3. The van der Waals surface area contributed by atoms with E-state index in [0.717, 1.165) is 12.1 Å². The van der Waals surface area contributed by atoms with Crippen LogP contribution in [0, 0.1) is 5.82 Å². The molecular formula is C25H20F4N4O2. The molecule has 0 saturated heterocycles. The lowest BCUT2D eigenvalue weighted by Gasteiger charge is -2.09. The highest BCUT2D eigenvalue weighted by Gasteiger charge is 2.30. The average molecular weight is 484 g/mol. The maximum atomic E-state index is 13.1. The second kappa shape index (κ2) is 9.96. The number of nitrogens with one attached hydrogen (secondary N) is 1. The van der Waals surface area contributed by atoms with Crippen LogP contribution in [0.5, 0.6) is 6.01 Å². The van der Waals surface area contributed by atoms with E-state index < -0.39 is 11.7 Å². The number of carbonyl (C=O) groups excluding carboxylic acids is 1. The minimum Gasteiger partial charge on any atom is -0.457 e. The number of hydrogen-bond donors (Lipinski definition) is 1. The third-order valence-corrected chi connectivity index (χ3v) is 5.06. The molecule has 0 unspecified atom stereocenters. The molecule has 180 valence electrons. The second-order valence-electron chi connectivity index (χ2n) is 7.57. The van der Waals surface area contributed by atoms with Gasteiger partial charge in [0.2, 0.25) is 5.91 Å². The lowest BCUT2D eigenvalue weighted by atomic mass is 10.1. The van der Waals surface area contributed by atoms with Gasteiger partial charge in [-0.25, -0.2) is 9.07 Å². The molecule has 0 radical (unpaired) electrons. The Morgan fingerprint density at radius 2 is 1.63 bits per heavy atom. The van der Waals surface area contributed by atoms with Crippen LogP contribution in [-0.2, 0) is 17.6 Å². The normalized spacial score (nSPS) is 11.3. The SMILES string of the molecule is CCC(=O)Nc1ccc(-n2nc(OCc3ccc(F)cc3)nc2-c2ccc(C(F)(F)F)cc2)cc1. The Kier molecular flexibility index (Phi) is 6.81. The molecule has 0 aliphatic rings. The molecule has 1 N–H and O–H groups in total. The molecule has 1 aromatic heterocycles. The van der Waals surface area contributed by atoms with Crippen molar-refractivity contribution in [2.24, 2.45) is 0 Å². The van der Waals surface area contributed by atoms with Gasteiger partial charge in [-0.05, 0) is 54.1 Å². The highest BCUT2D eigenvalue weighted by Crippen LogP contribution is 2.31. The van der Waals surface area contributed by atoms with E-state index in [1.807, 2.05) is 0 Å². The number of amides is 1. The number of ether oxygens (including phenoxy) is 1. The van der Waals surface area contributed by atoms with Crippen molar-refractivity contribution < 1.29 is 27.1 Å². The van der Waals surface area contributed by atoms with Crippen LogP contribution >= 0.6 is 0 Å².